The first-order chi connectivity index (χ1) is 11.2. The minimum Gasteiger partial charge on any atom is -0.330 e. The van der Waals surface area contributed by atoms with E-state index in [1.54, 1.807) is 0 Å². The monoisotopic (exact) mass is 304 g/mol. The van der Waals surface area contributed by atoms with Crippen molar-refractivity contribution < 1.29 is 0 Å². The van der Waals surface area contributed by atoms with Crippen LogP contribution in [0.2, 0.25) is 0 Å². The van der Waals surface area contributed by atoms with Crippen LogP contribution >= 0.6 is 0 Å². The van der Waals surface area contributed by atoms with Gasteiger partial charge in [-0.15, -0.1) is 0 Å². The average molecular weight is 304 g/mol. The lowest BCUT2D eigenvalue weighted by Gasteiger charge is -2.07. The van der Waals surface area contributed by atoms with Gasteiger partial charge in [-0.1, -0.05) is 23.8 Å². The van der Waals surface area contributed by atoms with Gasteiger partial charge in [-0.3, -0.25) is 9.25 Å². The highest BCUT2D eigenvalue weighted by Gasteiger charge is 2.15. The zero-order valence-corrected chi connectivity index (χ0v) is 13.5. The third kappa shape index (κ3) is 2.23. The Balaban J connectivity index is 2.05. The van der Waals surface area contributed by atoms with Gasteiger partial charge in [0.25, 0.3) is 0 Å². The predicted molar refractivity (Wildman–Crippen MR) is 95.0 cm³/mol. The van der Waals surface area contributed by atoms with E-state index >= 15 is 0 Å². The van der Waals surface area contributed by atoms with Crippen LogP contribution in [-0.4, -0.2) is 20.9 Å². The van der Waals surface area contributed by atoms with E-state index in [0.29, 0.717) is 6.54 Å². The number of nitrogens with zero attached hydrogens (tertiary/aromatic N) is 3. The van der Waals surface area contributed by atoms with E-state index in [2.05, 4.69) is 65.3 Å². The highest BCUT2D eigenvalue weighted by molar-refractivity contribution is 6.08. The molecule has 2 aromatic carbocycles. The second-order valence-corrected chi connectivity index (χ2v) is 6.10. The van der Waals surface area contributed by atoms with E-state index in [0.717, 1.165) is 17.8 Å². The van der Waals surface area contributed by atoms with Gasteiger partial charge in [-0.2, -0.15) is 5.10 Å². The molecule has 0 fully saturated rings. The fourth-order valence-corrected chi connectivity index (χ4v) is 3.22. The Morgan fingerprint density at radius 3 is 2.57 bits per heavy atom. The van der Waals surface area contributed by atoms with Crippen molar-refractivity contribution in [2.24, 2.45) is 12.8 Å². The molecular formula is C19H20N4. The summed E-state index contributed by atoms with van der Waals surface area (Å²) in [7, 11) is 1.97. The van der Waals surface area contributed by atoms with E-state index < -0.39 is 0 Å². The molecule has 0 bridgehead atoms. The Morgan fingerprint density at radius 2 is 1.83 bits per heavy atom. The van der Waals surface area contributed by atoms with E-state index in [1.165, 1.54) is 27.4 Å². The first kappa shape index (κ1) is 14.0. The van der Waals surface area contributed by atoms with E-state index in [4.69, 9.17) is 5.73 Å². The third-order valence-corrected chi connectivity index (χ3v) is 4.34. The van der Waals surface area contributed by atoms with Gasteiger partial charge >= 0.3 is 0 Å². The molecule has 2 N–H and O–H groups in total. The van der Waals surface area contributed by atoms with E-state index in [-0.39, 0.29) is 0 Å². The number of hydrogen-bond donors (Lipinski definition) is 1. The molecule has 2 heterocycles. The lowest BCUT2D eigenvalue weighted by molar-refractivity contribution is 0.771. The van der Waals surface area contributed by atoms with Crippen molar-refractivity contribution in [3.8, 4) is 5.69 Å². The van der Waals surface area contributed by atoms with Crippen LogP contribution in [0.25, 0.3) is 27.6 Å². The van der Waals surface area contributed by atoms with Crippen molar-refractivity contribution >= 4 is 21.9 Å². The molecule has 0 radical (unpaired) electrons. The van der Waals surface area contributed by atoms with Crippen LogP contribution in [0.15, 0.2) is 48.7 Å². The van der Waals surface area contributed by atoms with Crippen LogP contribution in [0.4, 0.5) is 0 Å². The quantitative estimate of drug-likeness (QED) is 0.631. The van der Waals surface area contributed by atoms with E-state index in [1.807, 2.05) is 11.7 Å². The molecule has 0 amide bonds. The summed E-state index contributed by atoms with van der Waals surface area (Å²) in [6, 6.07) is 15.2. The summed E-state index contributed by atoms with van der Waals surface area (Å²) >= 11 is 0. The van der Waals surface area contributed by atoms with Crippen molar-refractivity contribution in [3.63, 3.8) is 0 Å². The minimum atomic E-state index is 0.667. The van der Waals surface area contributed by atoms with Crippen LogP contribution in [0.3, 0.4) is 0 Å². The number of fused-ring (bicyclic) bond motifs is 3. The molecule has 0 saturated carbocycles. The predicted octanol–water partition coefficient (Wildman–Crippen LogP) is 3.33. The summed E-state index contributed by atoms with van der Waals surface area (Å²) in [6.07, 6.45) is 2.99. The van der Waals surface area contributed by atoms with Crippen LogP contribution < -0.4 is 5.73 Å². The van der Waals surface area contributed by atoms with Crippen LogP contribution in [0.5, 0.6) is 0 Å². The number of hydrogen-bond acceptors (Lipinski definition) is 2. The number of aromatic nitrogens is 3. The molecule has 116 valence electrons. The minimum absolute atomic E-state index is 0.667. The molecule has 0 aliphatic rings. The van der Waals surface area contributed by atoms with Crippen LogP contribution in [0.1, 0.15) is 11.1 Å². The van der Waals surface area contributed by atoms with Crippen LogP contribution in [-0.2, 0) is 13.5 Å². The van der Waals surface area contributed by atoms with Crippen molar-refractivity contribution in [1.29, 1.82) is 0 Å². The van der Waals surface area contributed by atoms with Crippen molar-refractivity contribution in [2.75, 3.05) is 6.54 Å². The Kier molecular flexibility index (Phi) is 3.20. The molecule has 0 unspecified atom stereocenters. The Labute approximate surface area is 135 Å². The Morgan fingerprint density at radius 1 is 1.04 bits per heavy atom. The lowest BCUT2D eigenvalue weighted by Crippen LogP contribution is -2.02. The van der Waals surface area contributed by atoms with Crippen molar-refractivity contribution in [3.05, 3.63) is 59.8 Å². The highest BCUT2D eigenvalue weighted by Crippen LogP contribution is 2.31. The molecule has 4 rings (SSSR count). The first-order valence-electron chi connectivity index (χ1n) is 7.91. The second kappa shape index (κ2) is 5.25. The summed E-state index contributed by atoms with van der Waals surface area (Å²) in [6.45, 7) is 2.77. The average Bonchev–Trinajstić information content (AvgIpc) is 3.04. The molecule has 0 saturated heterocycles. The molecule has 0 atom stereocenters. The van der Waals surface area contributed by atoms with Gasteiger partial charge in [0, 0.05) is 29.7 Å². The SMILES string of the molecule is Cc1ccc(-n2c3ccc(CCN)cc3c3cn(C)nc32)cc1. The Bertz CT molecular complexity index is 990. The molecule has 0 spiro atoms. The largest absolute Gasteiger partial charge is 0.330 e. The number of rotatable bonds is 3. The van der Waals surface area contributed by atoms with E-state index in [9.17, 15) is 0 Å². The highest BCUT2D eigenvalue weighted by atomic mass is 15.3. The zero-order valence-electron chi connectivity index (χ0n) is 13.5. The normalized spacial score (nSPS) is 11.6. The maximum Gasteiger partial charge on any atom is 0.167 e. The Hall–Kier alpha value is -2.59. The number of benzene rings is 2. The van der Waals surface area contributed by atoms with Crippen molar-refractivity contribution in [1.82, 2.24) is 14.3 Å². The molecule has 4 heteroatoms. The van der Waals surface area contributed by atoms with Crippen molar-refractivity contribution in [2.45, 2.75) is 13.3 Å². The molecule has 2 aromatic heterocycles. The number of nitrogens with two attached hydrogens (primary N) is 1. The summed E-state index contributed by atoms with van der Waals surface area (Å²) in [5.74, 6) is 0. The summed E-state index contributed by atoms with van der Waals surface area (Å²) in [5.41, 5.74) is 11.6. The summed E-state index contributed by atoms with van der Waals surface area (Å²) < 4.78 is 4.11. The standard InChI is InChI=1S/C19H20N4/c1-13-3-6-15(7-4-13)23-18-8-5-14(9-10-20)11-16(18)17-12-22(2)21-19(17)23/h3-8,11-12H,9-10,20H2,1-2H3. The maximum absolute atomic E-state index is 5.71. The first-order valence-corrected chi connectivity index (χ1v) is 7.91. The van der Waals surface area contributed by atoms with Gasteiger partial charge in [0.15, 0.2) is 5.65 Å². The summed E-state index contributed by atoms with van der Waals surface area (Å²) in [5, 5.41) is 7.10. The molecule has 0 aliphatic heterocycles. The molecule has 23 heavy (non-hydrogen) atoms. The maximum atomic E-state index is 5.71. The lowest BCUT2D eigenvalue weighted by atomic mass is 10.1. The fourth-order valence-electron chi connectivity index (χ4n) is 3.22. The van der Waals surface area contributed by atoms with Gasteiger partial charge in [-0.05, 0) is 49.7 Å². The zero-order chi connectivity index (χ0) is 16.0. The van der Waals surface area contributed by atoms with Gasteiger partial charge < -0.3 is 5.73 Å². The molecule has 4 nitrogen and oxygen atoms in total. The summed E-state index contributed by atoms with van der Waals surface area (Å²) in [4.78, 5) is 0. The number of aryl methyl sites for hydroxylation is 2. The third-order valence-electron chi connectivity index (χ3n) is 4.34. The fraction of sp³-hybridized carbons (Fsp3) is 0.211. The van der Waals surface area contributed by atoms with Gasteiger partial charge in [0.2, 0.25) is 0 Å². The smallest absolute Gasteiger partial charge is 0.167 e. The van der Waals surface area contributed by atoms with Gasteiger partial charge in [0.1, 0.15) is 0 Å². The second-order valence-electron chi connectivity index (χ2n) is 6.10. The molecule has 4 aromatic rings. The molecular weight excluding hydrogens is 284 g/mol. The van der Waals surface area contributed by atoms with Gasteiger partial charge in [0.05, 0.1) is 5.52 Å². The topological polar surface area (TPSA) is 48.8 Å². The van der Waals surface area contributed by atoms with Crippen LogP contribution in [0, 0.1) is 6.92 Å². The van der Waals surface area contributed by atoms with Gasteiger partial charge in [-0.25, -0.2) is 0 Å². The molecule has 0 aliphatic carbocycles.